The first kappa shape index (κ1) is 11.9. The van der Waals surface area contributed by atoms with E-state index in [1.54, 1.807) is 12.3 Å². The first-order valence-corrected chi connectivity index (χ1v) is 5.13. The quantitative estimate of drug-likeness (QED) is 0.630. The fourth-order valence-electron chi connectivity index (χ4n) is 0.952. The predicted molar refractivity (Wildman–Crippen MR) is 53.5 cm³/mol. The Balaban J connectivity index is 2.88. The molecule has 6 heteroatoms. The first-order chi connectivity index (χ1) is 6.92. The first-order valence-electron chi connectivity index (χ1n) is 3.91. The molecule has 0 saturated heterocycles. The zero-order valence-corrected chi connectivity index (χ0v) is 8.58. The second kappa shape index (κ2) is 4.57. The van der Waals surface area contributed by atoms with E-state index in [0.29, 0.717) is 5.56 Å². The second-order valence-electron chi connectivity index (χ2n) is 2.61. The van der Waals surface area contributed by atoms with E-state index in [1.807, 2.05) is 0 Å². The summed E-state index contributed by atoms with van der Waals surface area (Å²) in [5, 5.41) is 7.63. The normalized spacial score (nSPS) is 11.2. The van der Waals surface area contributed by atoms with Crippen LogP contribution in [0.3, 0.4) is 0 Å². The fourth-order valence-corrected chi connectivity index (χ4v) is 1.31. The van der Waals surface area contributed by atoms with Crippen molar-refractivity contribution >= 4 is 16.8 Å². The summed E-state index contributed by atoms with van der Waals surface area (Å²) in [5.41, 5.74) is 0.407. The minimum Gasteiger partial charge on any atom is -0.406 e. The third kappa shape index (κ3) is 3.83. The van der Waals surface area contributed by atoms with Crippen LogP contribution in [0.1, 0.15) is 5.56 Å². The minimum absolute atomic E-state index is 0.197. The van der Waals surface area contributed by atoms with Gasteiger partial charge in [-0.25, -0.2) is 0 Å². The molecule has 0 atom stereocenters. The van der Waals surface area contributed by atoms with Gasteiger partial charge in [0.2, 0.25) is 0 Å². The lowest BCUT2D eigenvalue weighted by molar-refractivity contribution is -0.274. The number of rotatable bonds is 2. The van der Waals surface area contributed by atoms with E-state index in [-0.39, 0.29) is 10.8 Å². The molecule has 1 aromatic rings. The Hall–Kier alpha value is -1.17. The smallest absolute Gasteiger partial charge is 0.406 e. The third-order valence-electron chi connectivity index (χ3n) is 1.53. The zero-order valence-electron chi connectivity index (χ0n) is 7.76. The zero-order chi connectivity index (χ0) is 11.5. The Morgan fingerprint density at radius 1 is 1.40 bits per heavy atom. The summed E-state index contributed by atoms with van der Waals surface area (Å²) in [6.45, 7) is 0. The molecule has 0 amide bonds. The van der Waals surface area contributed by atoms with Gasteiger partial charge in [-0.2, -0.15) is 0 Å². The van der Waals surface area contributed by atoms with Crippen LogP contribution in [0.2, 0.25) is 0 Å². The van der Waals surface area contributed by atoms with Crippen LogP contribution in [0.4, 0.5) is 13.2 Å². The summed E-state index contributed by atoms with van der Waals surface area (Å²) >= 11 is 1.15. The second-order valence-corrected chi connectivity index (χ2v) is 3.43. The highest BCUT2D eigenvalue weighted by Gasteiger charge is 2.31. The maximum Gasteiger partial charge on any atom is 0.573 e. The van der Waals surface area contributed by atoms with Gasteiger partial charge >= 0.3 is 6.36 Å². The topological polar surface area (TPSA) is 33.1 Å². The van der Waals surface area contributed by atoms with E-state index in [1.165, 1.54) is 18.2 Å². The summed E-state index contributed by atoms with van der Waals surface area (Å²) in [4.78, 5) is 0. The van der Waals surface area contributed by atoms with Crippen LogP contribution in [-0.4, -0.2) is 17.7 Å². The van der Waals surface area contributed by atoms with Crippen LogP contribution in [0, 0.1) is 5.41 Å². The lowest BCUT2D eigenvalue weighted by atomic mass is 10.2. The van der Waals surface area contributed by atoms with Crippen molar-refractivity contribution in [2.45, 2.75) is 6.36 Å². The van der Waals surface area contributed by atoms with Gasteiger partial charge in [0.25, 0.3) is 0 Å². The fraction of sp³-hybridized carbons (Fsp3) is 0.222. The number of hydrogen-bond donors (Lipinski definition) is 1. The summed E-state index contributed by atoms with van der Waals surface area (Å²) in [5.74, 6) is -0.307. The van der Waals surface area contributed by atoms with E-state index in [4.69, 9.17) is 5.41 Å². The maximum absolute atomic E-state index is 11.9. The highest BCUT2D eigenvalue weighted by Crippen LogP contribution is 2.24. The molecule has 0 bridgehead atoms. The standard InChI is InChI=1S/C9H8F3NOS/c1-15-8(13)6-3-2-4-7(5-6)14-9(10,11)12/h2-5,13H,1H3. The number of thioether (sulfide) groups is 1. The third-order valence-corrected chi connectivity index (χ3v) is 2.18. The lowest BCUT2D eigenvalue weighted by Crippen LogP contribution is -2.17. The van der Waals surface area contributed by atoms with Crippen LogP contribution in [0.15, 0.2) is 24.3 Å². The van der Waals surface area contributed by atoms with Gasteiger partial charge in [0.1, 0.15) is 5.75 Å². The molecule has 0 aromatic heterocycles. The minimum atomic E-state index is -4.69. The molecular weight excluding hydrogens is 227 g/mol. The van der Waals surface area contributed by atoms with Crippen molar-refractivity contribution in [1.29, 1.82) is 5.41 Å². The number of benzene rings is 1. The van der Waals surface area contributed by atoms with Crippen molar-refractivity contribution in [1.82, 2.24) is 0 Å². The molecule has 0 aliphatic carbocycles. The van der Waals surface area contributed by atoms with Crippen LogP contribution in [0.5, 0.6) is 5.75 Å². The van der Waals surface area contributed by atoms with E-state index in [9.17, 15) is 13.2 Å². The monoisotopic (exact) mass is 235 g/mol. The molecule has 82 valence electrons. The van der Waals surface area contributed by atoms with E-state index >= 15 is 0 Å². The average Bonchev–Trinajstić information content (AvgIpc) is 2.14. The van der Waals surface area contributed by atoms with Gasteiger partial charge in [0, 0.05) is 5.56 Å². The Morgan fingerprint density at radius 3 is 2.60 bits per heavy atom. The molecule has 0 unspecified atom stereocenters. The van der Waals surface area contributed by atoms with Gasteiger partial charge in [0.15, 0.2) is 0 Å². The van der Waals surface area contributed by atoms with Gasteiger partial charge in [-0.3, -0.25) is 5.41 Å². The molecule has 1 rings (SSSR count). The van der Waals surface area contributed by atoms with Crippen LogP contribution < -0.4 is 4.74 Å². The molecule has 1 N–H and O–H groups in total. The molecular formula is C9H8F3NOS. The molecule has 0 fully saturated rings. The summed E-state index contributed by atoms with van der Waals surface area (Å²) in [6, 6.07) is 5.36. The maximum atomic E-state index is 11.9. The molecule has 0 spiro atoms. The number of halogens is 3. The van der Waals surface area contributed by atoms with Crippen molar-refractivity contribution in [3.63, 3.8) is 0 Å². The lowest BCUT2D eigenvalue weighted by Gasteiger charge is -2.09. The molecule has 2 nitrogen and oxygen atoms in total. The van der Waals surface area contributed by atoms with Crippen molar-refractivity contribution in [3.05, 3.63) is 29.8 Å². The van der Waals surface area contributed by atoms with E-state index < -0.39 is 6.36 Å². The molecule has 0 heterocycles. The Labute approximate surface area is 88.9 Å². The summed E-state index contributed by atoms with van der Waals surface area (Å²) < 4.78 is 39.4. The van der Waals surface area contributed by atoms with E-state index in [2.05, 4.69) is 4.74 Å². The van der Waals surface area contributed by atoms with Crippen molar-refractivity contribution in [3.8, 4) is 5.75 Å². The van der Waals surface area contributed by atoms with Crippen LogP contribution >= 0.6 is 11.8 Å². The van der Waals surface area contributed by atoms with Gasteiger partial charge in [-0.15, -0.1) is 24.9 Å². The van der Waals surface area contributed by atoms with Gasteiger partial charge in [0.05, 0.1) is 5.04 Å². The number of alkyl halides is 3. The molecule has 0 aliphatic heterocycles. The highest BCUT2D eigenvalue weighted by molar-refractivity contribution is 8.13. The van der Waals surface area contributed by atoms with Crippen molar-refractivity contribution < 1.29 is 17.9 Å². The molecule has 0 aliphatic rings. The van der Waals surface area contributed by atoms with Crippen molar-refractivity contribution in [2.75, 3.05) is 6.26 Å². The van der Waals surface area contributed by atoms with Gasteiger partial charge < -0.3 is 4.74 Å². The van der Waals surface area contributed by atoms with Gasteiger partial charge in [-0.05, 0) is 18.4 Å². The number of hydrogen-bond acceptors (Lipinski definition) is 3. The number of ether oxygens (including phenoxy) is 1. The molecule has 1 aromatic carbocycles. The van der Waals surface area contributed by atoms with Crippen molar-refractivity contribution in [2.24, 2.45) is 0 Å². The average molecular weight is 235 g/mol. The summed E-state index contributed by atoms with van der Waals surface area (Å²) in [6.07, 6.45) is -3.01. The number of nitrogens with one attached hydrogen (secondary N) is 1. The molecule has 15 heavy (non-hydrogen) atoms. The SMILES string of the molecule is CSC(=N)c1cccc(OC(F)(F)F)c1. The Kier molecular flexibility index (Phi) is 3.62. The Morgan fingerprint density at radius 2 is 2.07 bits per heavy atom. The Bertz CT molecular complexity index is 365. The predicted octanol–water partition coefficient (Wildman–Crippen LogP) is 3.27. The van der Waals surface area contributed by atoms with Gasteiger partial charge in [-0.1, -0.05) is 12.1 Å². The largest absolute Gasteiger partial charge is 0.573 e. The highest BCUT2D eigenvalue weighted by atomic mass is 32.2. The summed E-state index contributed by atoms with van der Waals surface area (Å²) in [7, 11) is 0. The van der Waals surface area contributed by atoms with E-state index in [0.717, 1.165) is 11.8 Å². The van der Waals surface area contributed by atoms with Crippen LogP contribution in [0.25, 0.3) is 0 Å². The van der Waals surface area contributed by atoms with Crippen LogP contribution in [-0.2, 0) is 0 Å². The molecule has 0 radical (unpaired) electrons. The molecule has 0 saturated carbocycles.